The molecule has 0 rings (SSSR count). The summed E-state index contributed by atoms with van der Waals surface area (Å²) in [5, 5.41) is 0. The molecular weight excluding hydrogens is 256 g/mol. The predicted molar refractivity (Wildman–Crippen MR) is 85.2 cm³/mol. The van der Waals surface area contributed by atoms with Gasteiger partial charge in [-0.3, -0.25) is 9.80 Å². The van der Waals surface area contributed by atoms with Gasteiger partial charge in [-0.1, -0.05) is 27.7 Å². The highest BCUT2D eigenvalue weighted by molar-refractivity contribution is 6.17. The van der Waals surface area contributed by atoms with Crippen molar-refractivity contribution in [2.24, 2.45) is 0 Å². The molecule has 0 radical (unpaired) electrons. The Morgan fingerprint density at radius 3 is 1.32 bits per heavy atom. The summed E-state index contributed by atoms with van der Waals surface area (Å²) in [5.41, 5.74) is 0. The lowest BCUT2D eigenvalue weighted by atomic mass is 10.3. The van der Waals surface area contributed by atoms with Crippen molar-refractivity contribution in [3.8, 4) is 0 Å². The van der Waals surface area contributed by atoms with Gasteiger partial charge in [0.15, 0.2) is 0 Å². The average Bonchev–Trinajstić information content (AvgIpc) is 2.41. The van der Waals surface area contributed by atoms with E-state index in [2.05, 4.69) is 51.3 Å². The molecule has 0 spiro atoms. The van der Waals surface area contributed by atoms with Gasteiger partial charge in [0.25, 0.3) is 0 Å². The Hall–Kier alpha value is 0.0569. The zero-order valence-corrected chi connectivity index (χ0v) is 15.2. The number of rotatable bonds is 12. The van der Waals surface area contributed by atoms with E-state index in [1.165, 1.54) is 0 Å². The molecule has 0 aromatic rings. The Labute approximate surface area is 122 Å². The van der Waals surface area contributed by atoms with Crippen LogP contribution in [0.4, 0.5) is 0 Å². The molecule has 0 fully saturated rings. The van der Waals surface area contributed by atoms with Crippen LogP contribution in [0.1, 0.15) is 41.5 Å². The highest BCUT2D eigenvalue weighted by atomic mass is 28.3. The average molecular weight is 291 g/mol. The third kappa shape index (κ3) is 8.04. The summed E-state index contributed by atoms with van der Waals surface area (Å²) < 4.78 is 11.5. The molecule has 0 heterocycles. The van der Waals surface area contributed by atoms with E-state index >= 15 is 0 Å². The summed E-state index contributed by atoms with van der Waals surface area (Å²) in [7, 11) is -0.822. The van der Waals surface area contributed by atoms with Crippen LogP contribution in [0.25, 0.3) is 0 Å². The van der Waals surface area contributed by atoms with Gasteiger partial charge in [-0.15, -0.1) is 0 Å². The molecule has 0 aromatic carbocycles. The topological polar surface area (TPSA) is 24.9 Å². The minimum absolute atomic E-state index is 0.492. The third-order valence-electron chi connectivity index (χ3n) is 3.76. The number of hydrogen-bond acceptors (Lipinski definition) is 4. The molecular formula is C14H34N2O2Si. The summed E-state index contributed by atoms with van der Waals surface area (Å²) in [6.07, 6.45) is 0. The standard InChI is InChI=1S/C14H34N2O2Si/c1-7-15(8-2)13(5)11-17-19-18-12-14(6)16(9-3)10-4/h13-14H,7-12,19H2,1-6H3. The van der Waals surface area contributed by atoms with Gasteiger partial charge in [-0.2, -0.15) is 0 Å². The van der Waals surface area contributed by atoms with Gasteiger partial charge >= 0.3 is 10.0 Å². The SMILES string of the molecule is CCN(CC)C(C)CO[SiH2]OCC(C)N(CC)CC. The van der Waals surface area contributed by atoms with Gasteiger partial charge < -0.3 is 8.85 Å². The quantitative estimate of drug-likeness (QED) is 0.401. The largest absolute Gasteiger partial charge is 0.397 e. The Bertz CT molecular complexity index is 180. The first-order valence-electron chi connectivity index (χ1n) is 7.74. The Balaban J connectivity index is 3.64. The normalized spacial score (nSPS) is 15.8. The summed E-state index contributed by atoms with van der Waals surface area (Å²) in [6, 6.07) is 0.984. The highest BCUT2D eigenvalue weighted by Crippen LogP contribution is 2.00. The van der Waals surface area contributed by atoms with Crippen molar-refractivity contribution in [3.05, 3.63) is 0 Å². The second-order valence-corrected chi connectivity index (χ2v) is 6.05. The first-order chi connectivity index (χ1) is 9.10. The summed E-state index contributed by atoms with van der Waals surface area (Å²) >= 11 is 0. The molecule has 116 valence electrons. The fourth-order valence-electron chi connectivity index (χ4n) is 2.40. The van der Waals surface area contributed by atoms with Gasteiger partial charge in [0, 0.05) is 12.1 Å². The first kappa shape index (κ1) is 19.1. The van der Waals surface area contributed by atoms with E-state index in [-0.39, 0.29) is 0 Å². The van der Waals surface area contributed by atoms with E-state index in [1.54, 1.807) is 0 Å². The molecule has 5 heteroatoms. The maximum absolute atomic E-state index is 5.73. The molecule has 0 aromatic heterocycles. The van der Waals surface area contributed by atoms with Crippen molar-refractivity contribution in [3.63, 3.8) is 0 Å². The summed E-state index contributed by atoms with van der Waals surface area (Å²) in [6.45, 7) is 19.2. The molecule has 4 nitrogen and oxygen atoms in total. The van der Waals surface area contributed by atoms with Gasteiger partial charge in [0.2, 0.25) is 0 Å². The fraction of sp³-hybridized carbons (Fsp3) is 1.00. The van der Waals surface area contributed by atoms with Crippen LogP contribution in [0.5, 0.6) is 0 Å². The van der Waals surface area contributed by atoms with Crippen molar-refractivity contribution in [2.45, 2.75) is 53.6 Å². The molecule has 0 N–H and O–H groups in total. The summed E-state index contributed by atoms with van der Waals surface area (Å²) in [4.78, 5) is 4.82. The zero-order valence-electron chi connectivity index (χ0n) is 13.8. The monoisotopic (exact) mass is 290 g/mol. The summed E-state index contributed by atoms with van der Waals surface area (Å²) in [5.74, 6) is 0. The van der Waals surface area contributed by atoms with E-state index in [1.807, 2.05) is 0 Å². The third-order valence-corrected chi connectivity index (χ3v) is 4.56. The lowest BCUT2D eigenvalue weighted by Gasteiger charge is -2.27. The van der Waals surface area contributed by atoms with Gasteiger partial charge in [-0.25, -0.2) is 0 Å². The number of nitrogens with zero attached hydrogens (tertiary/aromatic N) is 2. The lowest BCUT2D eigenvalue weighted by Crippen LogP contribution is -2.38. The van der Waals surface area contributed by atoms with Crippen LogP contribution >= 0.6 is 0 Å². The molecule has 0 saturated carbocycles. The van der Waals surface area contributed by atoms with Crippen LogP contribution in [-0.2, 0) is 8.85 Å². The smallest absolute Gasteiger partial charge is 0.304 e. The zero-order chi connectivity index (χ0) is 14.7. The van der Waals surface area contributed by atoms with Crippen molar-refractivity contribution in [1.29, 1.82) is 0 Å². The van der Waals surface area contributed by atoms with Crippen LogP contribution in [0.2, 0.25) is 0 Å². The van der Waals surface area contributed by atoms with Crippen molar-refractivity contribution < 1.29 is 8.85 Å². The second kappa shape index (κ2) is 11.8. The van der Waals surface area contributed by atoms with Crippen LogP contribution in [-0.4, -0.2) is 71.3 Å². The van der Waals surface area contributed by atoms with Crippen LogP contribution < -0.4 is 0 Å². The van der Waals surface area contributed by atoms with Crippen molar-refractivity contribution in [1.82, 2.24) is 9.80 Å². The molecule has 0 aliphatic heterocycles. The van der Waals surface area contributed by atoms with E-state index in [4.69, 9.17) is 8.85 Å². The van der Waals surface area contributed by atoms with Gasteiger partial charge in [-0.05, 0) is 40.0 Å². The Morgan fingerprint density at radius 2 is 1.05 bits per heavy atom. The van der Waals surface area contributed by atoms with Crippen molar-refractivity contribution in [2.75, 3.05) is 39.4 Å². The van der Waals surface area contributed by atoms with E-state index in [0.717, 1.165) is 39.4 Å². The minimum Gasteiger partial charge on any atom is -0.397 e. The van der Waals surface area contributed by atoms with Crippen molar-refractivity contribution >= 4 is 10.0 Å². The van der Waals surface area contributed by atoms with Crippen LogP contribution in [0.15, 0.2) is 0 Å². The number of hydrogen-bond donors (Lipinski definition) is 0. The lowest BCUT2D eigenvalue weighted by molar-refractivity contribution is 0.115. The maximum atomic E-state index is 5.73. The fourth-order valence-corrected chi connectivity index (χ4v) is 3.39. The highest BCUT2D eigenvalue weighted by Gasteiger charge is 2.11. The molecule has 2 atom stereocenters. The van der Waals surface area contributed by atoms with E-state index < -0.39 is 10.0 Å². The van der Waals surface area contributed by atoms with Gasteiger partial charge in [0.1, 0.15) is 0 Å². The predicted octanol–water partition coefficient (Wildman–Crippen LogP) is 1.48. The van der Waals surface area contributed by atoms with Crippen LogP contribution in [0, 0.1) is 0 Å². The minimum atomic E-state index is -0.822. The second-order valence-electron chi connectivity index (χ2n) is 5.00. The molecule has 2 unspecified atom stereocenters. The number of likely N-dealkylation sites (N-methyl/N-ethyl adjacent to an activating group) is 2. The first-order valence-corrected chi connectivity index (χ1v) is 8.89. The molecule has 0 saturated heterocycles. The van der Waals surface area contributed by atoms with E-state index in [9.17, 15) is 0 Å². The van der Waals surface area contributed by atoms with Crippen LogP contribution in [0.3, 0.4) is 0 Å². The molecule has 0 bridgehead atoms. The maximum Gasteiger partial charge on any atom is 0.304 e. The Morgan fingerprint density at radius 1 is 0.737 bits per heavy atom. The molecule has 0 aliphatic carbocycles. The molecule has 0 amide bonds. The van der Waals surface area contributed by atoms with E-state index in [0.29, 0.717) is 12.1 Å². The molecule has 0 aliphatic rings. The molecule has 19 heavy (non-hydrogen) atoms. The Kier molecular flexibility index (Phi) is 11.9. The van der Waals surface area contributed by atoms with Gasteiger partial charge in [0.05, 0.1) is 13.2 Å².